The molecule has 0 aliphatic rings. The fourth-order valence-electron chi connectivity index (χ4n) is 1.87. The van der Waals surface area contributed by atoms with Gasteiger partial charge in [-0.2, -0.15) is 13.2 Å². The van der Waals surface area contributed by atoms with Crippen molar-refractivity contribution >= 4 is 33.0 Å². The molecule has 9 heteroatoms. The molecule has 2 rings (SSSR count). The van der Waals surface area contributed by atoms with Gasteiger partial charge in [0.1, 0.15) is 0 Å². The Bertz CT molecular complexity index is 878. The number of halogens is 4. The molecule has 0 aromatic heterocycles. The van der Waals surface area contributed by atoms with Gasteiger partial charge in [-0.05, 0) is 42.5 Å². The van der Waals surface area contributed by atoms with E-state index in [0.29, 0.717) is 0 Å². The average molecular weight is 378 g/mol. The second-order valence-electron chi connectivity index (χ2n) is 4.95. The zero-order valence-electron chi connectivity index (χ0n) is 12.2. The van der Waals surface area contributed by atoms with Crippen molar-refractivity contribution in [2.24, 2.45) is 0 Å². The number of rotatable bonds is 3. The number of alkyl halides is 3. The summed E-state index contributed by atoms with van der Waals surface area (Å²) in [6, 6.07) is 7.56. The Morgan fingerprint density at radius 3 is 2.17 bits per heavy atom. The largest absolute Gasteiger partial charge is 0.416 e. The molecule has 128 valence electrons. The van der Waals surface area contributed by atoms with Gasteiger partial charge in [0.25, 0.3) is 5.91 Å². The van der Waals surface area contributed by atoms with Crippen LogP contribution in [0.15, 0.2) is 47.4 Å². The van der Waals surface area contributed by atoms with E-state index in [-0.39, 0.29) is 21.2 Å². The summed E-state index contributed by atoms with van der Waals surface area (Å²) in [6.45, 7) is 0. The summed E-state index contributed by atoms with van der Waals surface area (Å²) in [6.07, 6.45) is -3.52. The number of benzene rings is 2. The molecule has 0 radical (unpaired) electrons. The lowest BCUT2D eigenvalue weighted by Crippen LogP contribution is -2.13. The SMILES string of the molecule is CS(=O)(=O)c1cc(C(=O)Nc2ccc(C(F)(F)F)cc2)ccc1Cl. The van der Waals surface area contributed by atoms with Crippen molar-refractivity contribution in [3.63, 3.8) is 0 Å². The first-order valence-electron chi connectivity index (χ1n) is 6.47. The summed E-state index contributed by atoms with van der Waals surface area (Å²) in [5.74, 6) is -0.670. The molecule has 2 aromatic carbocycles. The van der Waals surface area contributed by atoms with Crippen molar-refractivity contribution in [3.05, 3.63) is 58.6 Å². The molecule has 4 nitrogen and oxygen atoms in total. The summed E-state index contributed by atoms with van der Waals surface area (Å²) >= 11 is 5.79. The smallest absolute Gasteiger partial charge is 0.322 e. The van der Waals surface area contributed by atoms with E-state index in [4.69, 9.17) is 11.6 Å². The highest BCUT2D eigenvalue weighted by Gasteiger charge is 2.30. The number of carbonyl (C=O) groups is 1. The van der Waals surface area contributed by atoms with Crippen LogP contribution in [0.2, 0.25) is 5.02 Å². The standard InChI is InChI=1S/C15H11ClF3NO3S/c1-24(22,23)13-8-9(2-7-12(13)16)14(21)20-11-5-3-10(4-6-11)15(17,18)19/h2-8H,1H3,(H,20,21). The van der Waals surface area contributed by atoms with Crippen LogP contribution in [0.1, 0.15) is 15.9 Å². The van der Waals surface area contributed by atoms with Crippen LogP contribution < -0.4 is 5.32 Å². The topological polar surface area (TPSA) is 63.2 Å². The lowest BCUT2D eigenvalue weighted by molar-refractivity contribution is -0.137. The number of hydrogen-bond acceptors (Lipinski definition) is 3. The Kier molecular flexibility index (Phi) is 4.91. The number of carbonyl (C=O) groups excluding carboxylic acids is 1. The monoisotopic (exact) mass is 377 g/mol. The maximum atomic E-state index is 12.5. The predicted molar refractivity (Wildman–Crippen MR) is 84.0 cm³/mol. The zero-order chi connectivity index (χ0) is 18.1. The van der Waals surface area contributed by atoms with Crippen LogP contribution >= 0.6 is 11.6 Å². The van der Waals surface area contributed by atoms with Crippen molar-refractivity contribution in [1.82, 2.24) is 0 Å². The Morgan fingerprint density at radius 1 is 1.08 bits per heavy atom. The first-order chi connectivity index (χ1) is 11.0. The van der Waals surface area contributed by atoms with Gasteiger partial charge in [0, 0.05) is 17.5 Å². The molecule has 0 aliphatic carbocycles. The van der Waals surface area contributed by atoms with Gasteiger partial charge in [-0.1, -0.05) is 11.6 Å². The second kappa shape index (κ2) is 6.45. The van der Waals surface area contributed by atoms with E-state index in [0.717, 1.165) is 36.6 Å². The van der Waals surface area contributed by atoms with Crippen molar-refractivity contribution in [2.45, 2.75) is 11.1 Å². The van der Waals surface area contributed by atoms with Gasteiger partial charge in [0.2, 0.25) is 0 Å². The third-order valence-corrected chi connectivity index (χ3v) is 4.64. The number of anilines is 1. The first-order valence-corrected chi connectivity index (χ1v) is 8.73. The lowest BCUT2D eigenvalue weighted by atomic mass is 10.1. The van der Waals surface area contributed by atoms with Gasteiger partial charge in [-0.25, -0.2) is 8.42 Å². The molecule has 1 amide bonds. The third kappa shape index (κ3) is 4.27. The van der Waals surface area contributed by atoms with Gasteiger partial charge in [0.05, 0.1) is 15.5 Å². The molecule has 24 heavy (non-hydrogen) atoms. The molecule has 1 N–H and O–H groups in total. The minimum atomic E-state index is -4.47. The Labute approximate surface area is 141 Å². The van der Waals surface area contributed by atoms with Crippen molar-refractivity contribution in [1.29, 1.82) is 0 Å². The van der Waals surface area contributed by atoms with Crippen molar-refractivity contribution < 1.29 is 26.4 Å². The summed E-state index contributed by atoms with van der Waals surface area (Å²) in [5, 5.41) is 2.37. The highest BCUT2D eigenvalue weighted by Crippen LogP contribution is 2.30. The van der Waals surface area contributed by atoms with Crippen LogP contribution in [-0.2, 0) is 16.0 Å². The van der Waals surface area contributed by atoms with E-state index < -0.39 is 27.5 Å². The molecular weight excluding hydrogens is 367 g/mol. The van der Waals surface area contributed by atoms with Gasteiger partial charge < -0.3 is 5.32 Å². The first kappa shape index (κ1) is 18.3. The molecule has 0 spiro atoms. The quantitative estimate of drug-likeness (QED) is 0.878. The van der Waals surface area contributed by atoms with E-state index in [9.17, 15) is 26.4 Å². The summed E-state index contributed by atoms with van der Waals surface area (Å²) in [7, 11) is -3.62. The number of sulfone groups is 1. The number of nitrogens with one attached hydrogen (secondary N) is 1. The molecule has 0 heterocycles. The van der Waals surface area contributed by atoms with Crippen molar-refractivity contribution in [3.8, 4) is 0 Å². The number of hydrogen-bond donors (Lipinski definition) is 1. The van der Waals surface area contributed by atoms with Crippen LogP contribution in [0, 0.1) is 0 Å². The normalized spacial score (nSPS) is 12.0. The van der Waals surface area contributed by atoms with Gasteiger partial charge >= 0.3 is 6.18 Å². The molecule has 2 aromatic rings. The fraction of sp³-hybridized carbons (Fsp3) is 0.133. The van der Waals surface area contributed by atoms with Crippen LogP contribution in [0.4, 0.5) is 18.9 Å². The van der Waals surface area contributed by atoms with Crippen LogP contribution in [0.25, 0.3) is 0 Å². The Morgan fingerprint density at radius 2 is 1.67 bits per heavy atom. The van der Waals surface area contributed by atoms with E-state index in [1.807, 2.05) is 0 Å². The molecule has 0 saturated heterocycles. The summed E-state index contributed by atoms with van der Waals surface area (Å²) < 4.78 is 60.6. The molecule has 0 bridgehead atoms. The second-order valence-corrected chi connectivity index (χ2v) is 7.34. The highest BCUT2D eigenvalue weighted by molar-refractivity contribution is 7.90. The maximum absolute atomic E-state index is 12.5. The van der Waals surface area contributed by atoms with E-state index in [2.05, 4.69) is 5.32 Å². The minimum Gasteiger partial charge on any atom is -0.322 e. The number of amides is 1. The fourth-order valence-corrected chi connectivity index (χ4v) is 3.18. The van der Waals surface area contributed by atoms with E-state index >= 15 is 0 Å². The molecule has 0 unspecified atom stereocenters. The van der Waals surface area contributed by atoms with Crippen LogP contribution in [-0.4, -0.2) is 20.6 Å². The molecule has 0 aliphatic heterocycles. The zero-order valence-corrected chi connectivity index (χ0v) is 13.8. The molecular formula is C15H11ClF3NO3S. The lowest BCUT2D eigenvalue weighted by Gasteiger charge is -2.10. The molecule has 0 saturated carbocycles. The predicted octanol–water partition coefficient (Wildman–Crippen LogP) is 4.01. The van der Waals surface area contributed by atoms with E-state index in [1.165, 1.54) is 12.1 Å². The van der Waals surface area contributed by atoms with Gasteiger partial charge in [-0.15, -0.1) is 0 Å². The maximum Gasteiger partial charge on any atom is 0.416 e. The minimum absolute atomic E-state index is 0.0136. The third-order valence-electron chi connectivity index (χ3n) is 3.06. The summed E-state index contributed by atoms with van der Waals surface area (Å²) in [5.41, 5.74) is -0.685. The van der Waals surface area contributed by atoms with Gasteiger partial charge in [0.15, 0.2) is 9.84 Å². The summed E-state index contributed by atoms with van der Waals surface area (Å²) in [4.78, 5) is 11.9. The van der Waals surface area contributed by atoms with Gasteiger partial charge in [-0.3, -0.25) is 4.79 Å². The average Bonchev–Trinajstić information content (AvgIpc) is 2.46. The van der Waals surface area contributed by atoms with Crippen molar-refractivity contribution in [2.75, 3.05) is 11.6 Å². The molecule has 0 fully saturated rings. The molecule has 0 atom stereocenters. The van der Waals surface area contributed by atoms with E-state index in [1.54, 1.807) is 0 Å². The van der Waals surface area contributed by atoms with Crippen LogP contribution in [0.3, 0.4) is 0 Å². The Balaban J connectivity index is 2.24. The Hall–Kier alpha value is -2.06. The highest BCUT2D eigenvalue weighted by atomic mass is 35.5. The van der Waals surface area contributed by atoms with Crippen LogP contribution in [0.5, 0.6) is 0 Å².